The molecule has 0 saturated carbocycles. The second-order valence-corrected chi connectivity index (χ2v) is 5.63. The van der Waals surface area contributed by atoms with E-state index in [0.717, 1.165) is 10.5 Å². The zero-order chi connectivity index (χ0) is 13.1. The summed E-state index contributed by atoms with van der Waals surface area (Å²) in [6.07, 6.45) is 1.56. The van der Waals surface area contributed by atoms with Gasteiger partial charge in [-0.05, 0) is 35.0 Å². The van der Waals surface area contributed by atoms with Gasteiger partial charge in [0.25, 0.3) is 0 Å². The number of pyridine rings is 1. The van der Waals surface area contributed by atoms with Crippen molar-refractivity contribution in [3.63, 3.8) is 0 Å². The molecule has 2 rings (SSSR count). The van der Waals surface area contributed by atoms with Crippen LogP contribution < -0.4 is 0 Å². The minimum absolute atomic E-state index is 0.0101. The summed E-state index contributed by atoms with van der Waals surface area (Å²) in [4.78, 5) is 15.6. The van der Waals surface area contributed by atoms with Crippen molar-refractivity contribution in [2.45, 2.75) is 16.8 Å². The third-order valence-corrected chi connectivity index (χ3v) is 3.63. The van der Waals surface area contributed by atoms with Crippen molar-refractivity contribution in [3.05, 3.63) is 56.7 Å². The highest BCUT2D eigenvalue weighted by Gasteiger charge is 2.16. The van der Waals surface area contributed by atoms with Crippen LogP contribution in [0.15, 0.2) is 50.9 Å². The first kappa shape index (κ1) is 13.0. The number of hydrogen-bond acceptors (Lipinski definition) is 4. The van der Waals surface area contributed by atoms with E-state index >= 15 is 0 Å². The lowest BCUT2D eigenvalue weighted by molar-refractivity contribution is -0.388. The minimum Gasteiger partial charge on any atom is -0.258 e. The van der Waals surface area contributed by atoms with Gasteiger partial charge in [0.05, 0.1) is 4.92 Å². The molecule has 1 heterocycles. The van der Waals surface area contributed by atoms with Crippen LogP contribution in [0.5, 0.6) is 0 Å². The highest BCUT2D eigenvalue weighted by Crippen LogP contribution is 2.34. The average molecular weight is 325 g/mol. The number of halogens is 1. The van der Waals surface area contributed by atoms with E-state index in [1.165, 1.54) is 17.8 Å². The van der Waals surface area contributed by atoms with Crippen molar-refractivity contribution in [3.8, 4) is 0 Å². The van der Waals surface area contributed by atoms with Crippen LogP contribution in [0.2, 0.25) is 0 Å². The average Bonchev–Trinajstić information content (AvgIpc) is 2.31. The SMILES string of the molecule is Cc1cccc(Sc2ncc(Br)cc2[N+](=O)[O-])c1. The first-order valence-electron chi connectivity index (χ1n) is 5.11. The highest BCUT2D eigenvalue weighted by atomic mass is 79.9. The fourth-order valence-corrected chi connectivity index (χ4v) is 2.69. The predicted molar refractivity (Wildman–Crippen MR) is 73.9 cm³/mol. The van der Waals surface area contributed by atoms with Crippen LogP contribution in [-0.4, -0.2) is 9.91 Å². The summed E-state index contributed by atoms with van der Waals surface area (Å²) in [6, 6.07) is 9.24. The van der Waals surface area contributed by atoms with Crippen LogP contribution in [0.3, 0.4) is 0 Å². The fourth-order valence-electron chi connectivity index (χ4n) is 1.42. The van der Waals surface area contributed by atoms with Gasteiger partial charge in [0.1, 0.15) is 0 Å². The Morgan fingerprint density at radius 1 is 1.39 bits per heavy atom. The van der Waals surface area contributed by atoms with Crippen LogP contribution in [0.25, 0.3) is 0 Å². The van der Waals surface area contributed by atoms with Gasteiger partial charge in [-0.1, -0.05) is 29.5 Å². The van der Waals surface area contributed by atoms with Gasteiger partial charge in [-0.3, -0.25) is 10.1 Å². The molecule has 0 radical (unpaired) electrons. The Balaban J connectivity index is 2.37. The van der Waals surface area contributed by atoms with E-state index < -0.39 is 4.92 Å². The molecule has 0 N–H and O–H groups in total. The Labute approximate surface area is 117 Å². The summed E-state index contributed by atoms with van der Waals surface area (Å²) in [5.74, 6) is 0. The Morgan fingerprint density at radius 3 is 2.83 bits per heavy atom. The summed E-state index contributed by atoms with van der Waals surface area (Å²) >= 11 is 4.48. The van der Waals surface area contributed by atoms with E-state index in [1.807, 2.05) is 31.2 Å². The maximum absolute atomic E-state index is 11.0. The third-order valence-electron chi connectivity index (χ3n) is 2.20. The second kappa shape index (κ2) is 5.49. The molecule has 0 atom stereocenters. The molecule has 0 spiro atoms. The molecule has 0 aliphatic carbocycles. The normalized spacial score (nSPS) is 10.3. The fraction of sp³-hybridized carbons (Fsp3) is 0.0833. The number of aryl methyl sites for hydroxylation is 1. The second-order valence-electron chi connectivity index (χ2n) is 3.65. The topological polar surface area (TPSA) is 56.0 Å². The molecule has 1 aromatic heterocycles. The maximum atomic E-state index is 11.0. The molecule has 18 heavy (non-hydrogen) atoms. The largest absolute Gasteiger partial charge is 0.302 e. The first-order valence-corrected chi connectivity index (χ1v) is 6.71. The van der Waals surface area contributed by atoms with Crippen LogP contribution in [-0.2, 0) is 0 Å². The molecule has 92 valence electrons. The Morgan fingerprint density at radius 2 is 2.17 bits per heavy atom. The lowest BCUT2D eigenvalue weighted by Gasteiger charge is -2.03. The van der Waals surface area contributed by atoms with Crippen molar-refractivity contribution in [1.29, 1.82) is 0 Å². The molecule has 2 aromatic rings. The summed E-state index contributed by atoms with van der Waals surface area (Å²) in [5.41, 5.74) is 1.12. The van der Waals surface area contributed by atoms with E-state index in [-0.39, 0.29) is 5.69 Å². The molecule has 0 fully saturated rings. The summed E-state index contributed by atoms with van der Waals surface area (Å²) in [6.45, 7) is 1.98. The van der Waals surface area contributed by atoms with Gasteiger partial charge < -0.3 is 0 Å². The summed E-state index contributed by atoms with van der Waals surface area (Å²) in [7, 11) is 0. The molecular weight excluding hydrogens is 316 g/mol. The summed E-state index contributed by atoms with van der Waals surface area (Å²) < 4.78 is 0.600. The van der Waals surface area contributed by atoms with E-state index in [2.05, 4.69) is 20.9 Å². The molecule has 0 saturated heterocycles. The van der Waals surface area contributed by atoms with Gasteiger partial charge in [0.15, 0.2) is 5.03 Å². The van der Waals surface area contributed by atoms with Crippen molar-refractivity contribution >= 4 is 33.4 Å². The first-order chi connectivity index (χ1) is 8.56. The quantitative estimate of drug-likeness (QED) is 0.626. The zero-order valence-corrected chi connectivity index (χ0v) is 11.9. The minimum atomic E-state index is -0.421. The van der Waals surface area contributed by atoms with Gasteiger partial charge >= 0.3 is 5.69 Å². The molecule has 0 unspecified atom stereocenters. The molecule has 4 nitrogen and oxygen atoms in total. The van der Waals surface area contributed by atoms with Crippen LogP contribution in [0.1, 0.15) is 5.56 Å². The van der Waals surface area contributed by atoms with E-state index in [4.69, 9.17) is 0 Å². The van der Waals surface area contributed by atoms with Gasteiger partial charge in [-0.25, -0.2) is 4.98 Å². The number of nitrogens with zero attached hydrogens (tertiary/aromatic N) is 2. The van der Waals surface area contributed by atoms with Crippen molar-refractivity contribution in [2.75, 3.05) is 0 Å². The zero-order valence-electron chi connectivity index (χ0n) is 9.46. The lowest BCUT2D eigenvalue weighted by Crippen LogP contribution is -1.93. The molecule has 1 aromatic carbocycles. The van der Waals surface area contributed by atoms with Crippen molar-refractivity contribution in [2.24, 2.45) is 0 Å². The number of rotatable bonds is 3. The molecule has 0 bridgehead atoms. The molecule has 0 amide bonds. The van der Waals surface area contributed by atoms with Crippen LogP contribution >= 0.6 is 27.7 Å². The monoisotopic (exact) mass is 324 g/mol. The highest BCUT2D eigenvalue weighted by molar-refractivity contribution is 9.10. The van der Waals surface area contributed by atoms with E-state index in [1.54, 1.807) is 6.20 Å². The number of benzene rings is 1. The lowest BCUT2D eigenvalue weighted by atomic mass is 10.2. The Kier molecular flexibility index (Phi) is 3.98. The summed E-state index contributed by atoms with van der Waals surface area (Å²) in [5, 5.41) is 11.4. The molecule has 0 aliphatic rings. The Hall–Kier alpha value is -1.40. The molecule has 6 heteroatoms. The van der Waals surface area contributed by atoms with Crippen molar-refractivity contribution < 1.29 is 4.92 Å². The Bertz CT molecular complexity index is 604. The van der Waals surface area contributed by atoms with Gasteiger partial charge in [0.2, 0.25) is 0 Å². The van der Waals surface area contributed by atoms with Gasteiger partial charge in [-0.2, -0.15) is 0 Å². The van der Waals surface area contributed by atoms with Gasteiger partial charge in [-0.15, -0.1) is 0 Å². The molecule has 0 aliphatic heterocycles. The smallest absolute Gasteiger partial charge is 0.258 e. The number of nitro groups is 1. The van der Waals surface area contributed by atoms with Gasteiger partial charge in [0, 0.05) is 21.6 Å². The number of aromatic nitrogens is 1. The van der Waals surface area contributed by atoms with Crippen LogP contribution in [0, 0.1) is 17.0 Å². The number of hydrogen-bond donors (Lipinski definition) is 0. The molecular formula is C12H9BrN2O2S. The standard InChI is InChI=1S/C12H9BrN2O2S/c1-8-3-2-4-10(5-8)18-12-11(15(16)17)6-9(13)7-14-12/h2-7H,1H3. The van der Waals surface area contributed by atoms with Crippen LogP contribution in [0.4, 0.5) is 5.69 Å². The third kappa shape index (κ3) is 3.08. The van der Waals surface area contributed by atoms with Crippen molar-refractivity contribution in [1.82, 2.24) is 4.98 Å². The predicted octanol–water partition coefficient (Wildman–Crippen LogP) is 4.21. The maximum Gasteiger partial charge on any atom is 0.302 e. The van der Waals surface area contributed by atoms with E-state index in [9.17, 15) is 10.1 Å². The van der Waals surface area contributed by atoms with E-state index in [0.29, 0.717) is 9.50 Å².